The van der Waals surface area contributed by atoms with E-state index in [1.807, 2.05) is 0 Å². The molecular weight excluding hydrogens is 651 g/mol. The molecule has 0 radical (unpaired) electrons. The molecule has 0 aromatic heterocycles. The Morgan fingerprint density at radius 2 is 0.833 bits per heavy atom. The van der Waals surface area contributed by atoms with Gasteiger partial charge in [-0.1, -0.05) is 130 Å². The normalized spacial score (nSPS) is 14.7. The van der Waals surface area contributed by atoms with Gasteiger partial charge >= 0.3 is 0 Å². The van der Waals surface area contributed by atoms with Gasteiger partial charge in [-0.15, -0.1) is 0 Å². The van der Waals surface area contributed by atoms with E-state index in [4.69, 9.17) is 0 Å². The van der Waals surface area contributed by atoms with E-state index < -0.39 is 0 Å². The maximum Gasteiger partial charge on any atom is 0.0468 e. The van der Waals surface area contributed by atoms with Crippen LogP contribution in [0.5, 0.6) is 0 Å². The average Bonchev–Trinajstić information content (AvgIpc) is 3.55. The molecule has 0 amide bonds. The van der Waals surface area contributed by atoms with E-state index in [1.165, 1.54) is 93.2 Å². The van der Waals surface area contributed by atoms with Gasteiger partial charge in [0.05, 0.1) is 0 Å². The third kappa shape index (κ3) is 4.33. The van der Waals surface area contributed by atoms with E-state index in [1.54, 1.807) is 0 Å². The summed E-state index contributed by atoms with van der Waals surface area (Å²) >= 11 is 0. The van der Waals surface area contributed by atoms with Gasteiger partial charge in [-0.2, -0.15) is 0 Å². The fraction of sp³-hybridized carbons (Fsp3) is 0.132. The van der Waals surface area contributed by atoms with Crippen LogP contribution >= 0.6 is 0 Å². The van der Waals surface area contributed by atoms with Crippen molar-refractivity contribution in [3.8, 4) is 22.3 Å². The zero-order valence-electron chi connectivity index (χ0n) is 31.5. The molecule has 2 aliphatic carbocycles. The zero-order valence-corrected chi connectivity index (χ0v) is 31.5. The molecule has 0 spiro atoms. The van der Waals surface area contributed by atoms with E-state index in [0.29, 0.717) is 0 Å². The molecule has 0 bridgehead atoms. The van der Waals surface area contributed by atoms with Crippen LogP contribution in [-0.2, 0) is 10.8 Å². The first-order chi connectivity index (χ1) is 26.2. The Morgan fingerprint density at radius 3 is 1.52 bits per heavy atom. The van der Waals surface area contributed by atoms with Crippen LogP contribution in [0.15, 0.2) is 158 Å². The predicted molar refractivity (Wildman–Crippen MR) is 231 cm³/mol. The predicted octanol–water partition coefficient (Wildman–Crippen LogP) is 14.7. The Labute approximate surface area is 317 Å². The highest BCUT2D eigenvalue weighted by Crippen LogP contribution is 2.55. The average molecular weight is 692 g/mol. The largest absolute Gasteiger partial charge is 0.310 e. The van der Waals surface area contributed by atoms with Crippen molar-refractivity contribution in [1.29, 1.82) is 0 Å². The monoisotopic (exact) mass is 691 g/mol. The second-order valence-corrected chi connectivity index (χ2v) is 16.7. The molecule has 0 saturated carbocycles. The van der Waals surface area contributed by atoms with Crippen molar-refractivity contribution >= 4 is 60.2 Å². The Bertz CT molecular complexity index is 3050. The zero-order chi connectivity index (χ0) is 36.5. The molecular formula is C53H41N. The minimum absolute atomic E-state index is 0.0894. The van der Waals surface area contributed by atoms with Crippen LogP contribution in [0, 0.1) is 6.92 Å². The lowest BCUT2D eigenvalue weighted by atomic mass is 9.78. The maximum atomic E-state index is 2.46. The Balaban J connectivity index is 1.06. The Kier molecular flexibility index (Phi) is 6.35. The van der Waals surface area contributed by atoms with Gasteiger partial charge in [0.1, 0.15) is 0 Å². The van der Waals surface area contributed by atoms with E-state index >= 15 is 0 Å². The summed E-state index contributed by atoms with van der Waals surface area (Å²) in [6.45, 7) is 11.7. The van der Waals surface area contributed by atoms with Gasteiger partial charge in [0.2, 0.25) is 0 Å². The summed E-state index contributed by atoms with van der Waals surface area (Å²) in [4.78, 5) is 2.43. The second-order valence-electron chi connectivity index (χ2n) is 16.7. The van der Waals surface area contributed by atoms with E-state index in [0.717, 1.165) is 17.1 Å². The van der Waals surface area contributed by atoms with Crippen molar-refractivity contribution in [3.05, 3.63) is 186 Å². The van der Waals surface area contributed by atoms with Gasteiger partial charge < -0.3 is 4.90 Å². The maximum absolute atomic E-state index is 2.46. The van der Waals surface area contributed by atoms with Gasteiger partial charge in [-0.25, -0.2) is 0 Å². The summed E-state index contributed by atoms with van der Waals surface area (Å²) in [6.07, 6.45) is 0. The van der Waals surface area contributed by atoms with Gasteiger partial charge in [-0.3, -0.25) is 0 Å². The number of hydrogen-bond donors (Lipinski definition) is 0. The van der Waals surface area contributed by atoms with Crippen molar-refractivity contribution < 1.29 is 0 Å². The lowest BCUT2D eigenvalue weighted by molar-refractivity contribution is 0.662. The first-order valence-electron chi connectivity index (χ1n) is 19.3. The van der Waals surface area contributed by atoms with Crippen molar-refractivity contribution in [2.75, 3.05) is 4.90 Å². The van der Waals surface area contributed by atoms with Crippen molar-refractivity contribution in [2.24, 2.45) is 0 Å². The van der Waals surface area contributed by atoms with Gasteiger partial charge in [0, 0.05) is 27.9 Å². The summed E-state index contributed by atoms with van der Waals surface area (Å²) in [6, 6.07) is 59.6. The number of aryl methyl sites for hydroxylation is 1. The number of anilines is 3. The van der Waals surface area contributed by atoms with Crippen LogP contribution in [-0.4, -0.2) is 0 Å². The quantitative estimate of drug-likeness (QED) is 0.178. The molecule has 54 heavy (non-hydrogen) atoms. The molecule has 0 fully saturated rings. The van der Waals surface area contributed by atoms with Gasteiger partial charge in [-0.05, 0) is 155 Å². The molecule has 0 atom stereocenters. The lowest BCUT2D eigenvalue weighted by Crippen LogP contribution is -2.16. The third-order valence-electron chi connectivity index (χ3n) is 12.8. The molecule has 9 aromatic rings. The second kappa shape index (κ2) is 10.9. The SMILES string of the molecule is Cc1ccc(N(c2ccc3cc4c(cc3c2)C(C)(C)c2cc3ccccc3cc2-4)c2ccc3c4c(ccc3c2)-c2ccc3ccccc3c2C4(C)C)cc1. The van der Waals surface area contributed by atoms with Crippen LogP contribution in [0.3, 0.4) is 0 Å². The number of benzene rings is 9. The highest BCUT2D eigenvalue weighted by Gasteiger charge is 2.39. The third-order valence-corrected chi connectivity index (χ3v) is 12.8. The summed E-state index contributed by atoms with van der Waals surface area (Å²) in [5, 5.41) is 10.4. The molecule has 0 saturated heterocycles. The highest BCUT2D eigenvalue weighted by atomic mass is 15.1. The number of rotatable bonds is 3. The van der Waals surface area contributed by atoms with Crippen molar-refractivity contribution in [1.82, 2.24) is 0 Å². The number of fused-ring (bicyclic) bond motifs is 12. The minimum Gasteiger partial charge on any atom is -0.310 e. The fourth-order valence-corrected chi connectivity index (χ4v) is 10.1. The molecule has 0 heterocycles. The van der Waals surface area contributed by atoms with Gasteiger partial charge in [0.25, 0.3) is 0 Å². The molecule has 0 unspecified atom stereocenters. The van der Waals surface area contributed by atoms with Crippen LogP contribution in [0.1, 0.15) is 55.5 Å². The molecule has 1 heteroatoms. The molecule has 1 nitrogen and oxygen atoms in total. The standard InChI is InChI=1S/C53H41N/c1-32-14-19-39(20-15-32)54(40-21-16-36-29-47-46-28-34-11-6-7-12-35(34)30-48(46)52(2,3)49(47)31-38(36)27-40)41-22-25-43-37(26-41)18-24-45-44-23-17-33-10-8-9-13-42(33)50(44)53(4,5)51(43)45/h6-31H,1-5H3. The first kappa shape index (κ1) is 31.4. The summed E-state index contributed by atoms with van der Waals surface area (Å²) in [5.74, 6) is 0. The summed E-state index contributed by atoms with van der Waals surface area (Å²) in [5.41, 5.74) is 15.6. The molecule has 9 aromatic carbocycles. The Hall–Kier alpha value is -6.18. The topological polar surface area (TPSA) is 3.24 Å². The van der Waals surface area contributed by atoms with E-state index in [-0.39, 0.29) is 10.8 Å². The van der Waals surface area contributed by atoms with Crippen molar-refractivity contribution in [2.45, 2.75) is 45.4 Å². The van der Waals surface area contributed by atoms with Crippen LogP contribution < -0.4 is 4.90 Å². The molecule has 0 N–H and O–H groups in total. The van der Waals surface area contributed by atoms with Crippen LogP contribution in [0.2, 0.25) is 0 Å². The van der Waals surface area contributed by atoms with E-state index in [9.17, 15) is 0 Å². The van der Waals surface area contributed by atoms with Crippen LogP contribution in [0.25, 0.3) is 65.3 Å². The number of nitrogens with zero attached hydrogens (tertiary/aromatic N) is 1. The molecule has 2 aliphatic rings. The lowest BCUT2D eigenvalue weighted by Gasteiger charge is -2.28. The molecule has 11 rings (SSSR count). The van der Waals surface area contributed by atoms with Crippen molar-refractivity contribution in [3.63, 3.8) is 0 Å². The smallest absolute Gasteiger partial charge is 0.0468 e. The first-order valence-corrected chi connectivity index (χ1v) is 19.3. The van der Waals surface area contributed by atoms with Crippen LogP contribution in [0.4, 0.5) is 17.1 Å². The summed E-state index contributed by atoms with van der Waals surface area (Å²) in [7, 11) is 0. The molecule has 0 aliphatic heterocycles. The number of hydrogen-bond acceptors (Lipinski definition) is 1. The summed E-state index contributed by atoms with van der Waals surface area (Å²) < 4.78 is 0. The fourth-order valence-electron chi connectivity index (χ4n) is 10.1. The van der Waals surface area contributed by atoms with E-state index in [2.05, 4.69) is 197 Å². The highest BCUT2D eigenvalue weighted by molar-refractivity contribution is 6.05. The minimum atomic E-state index is -0.123. The molecule has 258 valence electrons. The van der Waals surface area contributed by atoms with Gasteiger partial charge in [0.15, 0.2) is 0 Å². The Morgan fingerprint density at radius 1 is 0.352 bits per heavy atom.